The summed E-state index contributed by atoms with van der Waals surface area (Å²) in [6, 6.07) is -6.75. The van der Waals surface area contributed by atoms with Gasteiger partial charge in [-0.05, 0) is 169 Å². The number of carbonyl (C=O) groups excluding carboxylic acids is 14. The summed E-state index contributed by atoms with van der Waals surface area (Å²) >= 11 is 0. The molecule has 23 N–H and O–H groups in total. The second-order valence-corrected chi connectivity index (χ2v) is 30.0. The Hall–Kier alpha value is -10.6. The van der Waals surface area contributed by atoms with Gasteiger partial charge in [-0.15, -0.1) is 0 Å². The first-order chi connectivity index (χ1) is 53.6. The minimum absolute atomic E-state index is 0.0242. The van der Waals surface area contributed by atoms with Crippen LogP contribution in [0.3, 0.4) is 0 Å². The number of primary amides is 1. The Morgan fingerprint density at radius 1 is 0.469 bits per heavy atom. The van der Waals surface area contributed by atoms with Gasteiger partial charge < -0.3 is 112 Å². The maximum atomic E-state index is 14.9. The third-order valence-corrected chi connectivity index (χ3v) is 20.0. The highest BCUT2D eigenvalue weighted by Crippen LogP contribution is 2.25. The average Bonchev–Trinajstić information content (AvgIpc) is 1.63. The lowest BCUT2D eigenvalue weighted by Crippen LogP contribution is -2.61. The fourth-order valence-corrected chi connectivity index (χ4v) is 13.6. The molecule has 37 nitrogen and oxygen atoms in total. The van der Waals surface area contributed by atoms with E-state index in [4.69, 9.17) is 22.9 Å². The van der Waals surface area contributed by atoms with Crippen molar-refractivity contribution in [3.05, 3.63) is 59.7 Å². The van der Waals surface area contributed by atoms with E-state index in [9.17, 15) is 97.1 Å². The number of unbranched alkanes of at least 4 members (excludes halogenated alkanes) is 2. The van der Waals surface area contributed by atoms with Gasteiger partial charge in [0.25, 0.3) is 0 Å². The largest absolute Gasteiger partial charge is 0.508 e. The molecule has 0 spiro atoms. The molecule has 0 aromatic heterocycles. The topological polar surface area (TPSA) is 597 Å². The number of benzene rings is 2. The number of carboxylic acids is 2. The van der Waals surface area contributed by atoms with Gasteiger partial charge in [0.1, 0.15) is 90.0 Å². The van der Waals surface area contributed by atoms with Gasteiger partial charge in [0, 0.05) is 38.8 Å². The van der Waals surface area contributed by atoms with Crippen molar-refractivity contribution in [1.82, 2.24) is 68.3 Å². The third kappa shape index (κ3) is 30.1. The van der Waals surface area contributed by atoms with Gasteiger partial charge in [0.05, 0.1) is 6.42 Å². The van der Waals surface area contributed by atoms with Crippen LogP contribution in [0, 0.1) is 17.8 Å². The second kappa shape index (κ2) is 46.4. The first-order valence-corrected chi connectivity index (χ1v) is 38.9. The number of hydrogen-bond acceptors (Lipinski definition) is 21. The summed E-state index contributed by atoms with van der Waals surface area (Å²) in [4.78, 5) is 224. The van der Waals surface area contributed by atoms with E-state index in [0.717, 1.165) is 0 Å². The summed E-state index contributed by atoms with van der Waals surface area (Å²) < 4.78 is 0. The molecule has 3 aliphatic rings. The number of aliphatic carboxylic acids is 2. The molecule has 3 aliphatic heterocycles. The molecule has 3 heterocycles. The van der Waals surface area contributed by atoms with Gasteiger partial charge in [0.2, 0.25) is 82.7 Å². The molecule has 3 saturated heterocycles. The molecule has 14 amide bonds. The number of phenolic OH excluding ortho intramolecular Hbond substituents is 2. The second-order valence-electron chi connectivity index (χ2n) is 30.0. The van der Waals surface area contributed by atoms with Gasteiger partial charge in [0.15, 0.2) is 0 Å². The summed E-state index contributed by atoms with van der Waals surface area (Å²) in [6.07, 6.45) is -0.291. The number of phenols is 2. The van der Waals surface area contributed by atoms with Crippen LogP contribution in [0.5, 0.6) is 11.5 Å². The lowest BCUT2D eigenvalue weighted by Gasteiger charge is -2.32. The Morgan fingerprint density at radius 3 is 1.34 bits per heavy atom. The van der Waals surface area contributed by atoms with Crippen molar-refractivity contribution >= 4 is 94.6 Å². The molecule has 2 aromatic rings. The molecule has 14 atom stereocenters. The lowest BCUT2D eigenvalue weighted by atomic mass is 9.96. The van der Waals surface area contributed by atoms with Crippen molar-refractivity contribution in [3.8, 4) is 11.5 Å². The average molecular weight is 1590 g/mol. The van der Waals surface area contributed by atoms with Crippen molar-refractivity contribution in [2.75, 3.05) is 32.7 Å². The van der Waals surface area contributed by atoms with Crippen LogP contribution in [0.2, 0.25) is 0 Å². The van der Waals surface area contributed by atoms with Crippen molar-refractivity contribution < 1.29 is 97.1 Å². The number of hydrogen-bond donors (Lipinski definition) is 19. The SMILES string of the molecule is CC[C@H](C)[C@H](NC(=O)[C@H](Cc1ccc(O)cc1)NC(=O)[C@@H]1CCCN1C(=O)[C@H](CCN)NC(=O)[C@H](CCCCN)NC(=O)[C@@H]1CCCN1C(=O)[C@H](CCCCN)NC(=O)[C@H](CC(N)=O)NC(=O)[C@H](CCC(=O)O)NC(=O)[C@H](Cc1ccc(O)cc1)NC(=O)[C@H](CC(C)C)NC(=O)[C@@H]1CCC(=O)N1)C(=O)N[C@@H](CC(C)C)C(=O)O. The highest BCUT2D eigenvalue weighted by Gasteiger charge is 2.44. The van der Waals surface area contributed by atoms with E-state index in [-0.39, 0.29) is 152 Å². The summed E-state index contributed by atoms with van der Waals surface area (Å²) in [6.45, 7) is 10.8. The first-order valence-electron chi connectivity index (χ1n) is 38.9. The number of carboxylic acid groups (broad SMARTS) is 2. The number of nitrogens with one attached hydrogen (secondary N) is 11. The van der Waals surface area contributed by atoms with Crippen LogP contribution in [0.4, 0.5) is 0 Å². The normalized spacial score (nSPS) is 18.2. The Labute approximate surface area is 657 Å². The molecule has 5 rings (SSSR count). The van der Waals surface area contributed by atoms with E-state index in [1.807, 2.05) is 0 Å². The van der Waals surface area contributed by atoms with E-state index in [0.29, 0.717) is 36.8 Å². The van der Waals surface area contributed by atoms with E-state index >= 15 is 0 Å². The number of amides is 14. The number of nitrogens with two attached hydrogens (primary N) is 4. The van der Waals surface area contributed by atoms with Crippen molar-refractivity contribution in [3.63, 3.8) is 0 Å². The smallest absolute Gasteiger partial charge is 0.326 e. The number of nitrogens with zero attached hydrogens (tertiary/aromatic N) is 2. The van der Waals surface area contributed by atoms with Crippen LogP contribution in [0.15, 0.2) is 48.5 Å². The minimum Gasteiger partial charge on any atom is -0.508 e. The quantitative estimate of drug-likeness (QED) is 0.0306. The Kier molecular flexibility index (Phi) is 38.2. The predicted molar refractivity (Wildman–Crippen MR) is 410 cm³/mol. The van der Waals surface area contributed by atoms with E-state index in [2.05, 4.69) is 58.5 Å². The standard InChI is InChI=1S/C76H117N17O20/c1-7-43(6)63(73(109)90-57(76(112)113)37-42(4)5)91-70(106)55(39-45-20-24-47(95)25-21-45)89-72(108)59-17-13-35-93(59)75(111)52(30-33-79)85-64(100)48(14-8-10-31-77)83-71(107)58-16-12-34-92(58)74(110)51(15-9-11-32-78)84-69(105)56(40-60(80)96)88-66(102)50(27-29-62(98)99)82-68(104)54(38-44-18-22-46(94)23-19-44)87-67(103)53(36-41(2)3)86-65(101)49-26-28-61(97)81-49/h18-25,41-43,48-59,63,94-95H,7-17,26-40,77-79H2,1-6H3,(H2,80,96)(H,81,97)(H,82,104)(H,83,107)(H,84,105)(H,85,100)(H,86,101)(H,87,103)(H,88,102)(H,89,108)(H,90,109)(H,91,106)(H,98,99)(H,112,113)/t43-,48-,49-,50-,51-,52-,53-,54-,55-,56-,57-,58-,59-,63-/m0/s1. The fraction of sp³-hybridized carbons (Fsp3) is 0.632. The minimum atomic E-state index is -1.90. The van der Waals surface area contributed by atoms with Crippen LogP contribution in [-0.2, 0) is 89.6 Å². The molecule has 0 bridgehead atoms. The van der Waals surface area contributed by atoms with Crippen molar-refractivity contribution in [2.45, 2.75) is 255 Å². The lowest BCUT2D eigenvalue weighted by molar-refractivity contribution is -0.144. The molecule has 0 aliphatic carbocycles. The molecule has 626 valence electrons. The highest BCUT2D eigenvalue weighted by atomic mass is 16.4. The van der Waals surface area contributed by atoms with Crippen LogP contribution >= 0.6 is 0 Å². The number of rotatable bonds is 48. The molecule has 2 aromatic carbocycles. The zero-order chi connectivity index (χ0) is 83.8. The van der Waals surface area contributed by atoms with Crippen LogP contribution in [-0.4, -0.2) is 236 Å². The summed E-state index contributed by atoms with van der Waals surface area (Å²) in [7, 11) is 0. The third-order valence-electron chi connectivity index (χ3n) is 20.0. The molecule has 0 radical (unpaired) electrons. The molecular weight excluding hydrogens is 1470 g/mol. The van der Waals surface area contributed by atoms with Gasteiger partial charge in [-0.3, -0.25) is 71.9 Å². The van der Waals surface area contributed by atoms with Gasteiger partial charge >= 0.3 is 11.9 Å². The molecule has 3 fully saturated rings. The highest BCUT2D eigenvalue weighted by molar-refractivity contribution is 6.01. The Balaban J connectivity index is 1.35. The number of likely N-dealkylation sites (tertiary alicyclic amines) is 2. The monoisotopic (exact) mass is 1590 g/mol. The first kappa shape index (κ1) is 93.0. The zero-order valence-corrected chi connectivity index (χ0v) is 65.3. The van der Waals surface area contributed by atoms with Crippen LogP contribution in [0.1, 0.15) is 175 Å². The number of aromatic hydroxyl groups is 2. The maximum Gasteiger partial charge on any atom is 0.326 e. The van der Waals surface area contributed by atoms with Crippen LogP contribution in [0.25, 0.3) is 0 Å². The fourth-order valence-electron chi connectivity index (χ4n) is 13.6. The predicted octanol–water partition coefficient (Wildman–Crippen LogP) is -2.44. The van der Waals surface area contributed by atoms with Crippen molar-refractivity contribution in [1.29, 1.82) is 0 Å². The van der Waals surface area contributed by atoms with E-state index in [1.165, 1.54) is 58.3 Å². The Morgan fingerprint density at radius 2 is 0.876 bits per heavy atom. The van der Waals surface area contributed by atoms with Crippen molar-refractivity contribution in [2.24, 2.45) is 40.7 Å². The number of carbonyl (C=O) groups is 16. The van der Waals surface area contributed by atoms with E-state index in [1.54, 1.807) is 41.5 Å². The zero-order valence-electron chi connectivity index (χ0n) is 65.3. The summed E-state index contributed by atoms with van der Waals surface area (Å²) in [5.74, 6) is -15.6. The van der Waals surface area contributed by atoms with E-state index < -0.39 is 192 Å². The van der Waals surface area contributed by atoms with Crippen LogP contribution < -0.4 is 81.4 Å². The molecular formula is C76H117N17O20. The molecule has 37 heteroatoms. The Bertz CT molecular complexity index is 3620. The summed E-state index contributed by atoms with van der Waals surface area (Å²) in [5.41, 5.74) is 24.3. The maximum absolute atomic E-state index is 14.9. The molecule has 0 unspecified atom stereocenters. The van der Waals surface area contributed by atoms with Gasteiger partial charge in [-0.1, -0.05) is 72.2 Å². The molecule has 0 saturated carbocycles. The van der Waals surface area contributed by atoms with Gasteiger partial charge in [-0.2, -0.15) is 0 Å². The molecule has 113 heavy (non-hydrogen) atoms. The summed E-state index contributed by atoms with van der Waals surface area (Å²) in [5, 5.41) is 68.5. The van der Waals surface area contributed by atoms with Gasteiger partial charge in [-0.25, -0.2) is 4.79 Å².